The monoisotopic (exact) mass is 610 g/mol. The van der Waals surface area contributed by atoms with Crippen molar-refractivity contribution in [2.75, 3.05) is 0 Å². The Morgan fingerprint density at radius 1 is 0.395 bits per heavy atom. The third kappa shape index (κ3) is 3.00. The molecule has 0 N–H and O–H groups in total. The Labute approximate surface area is 253 Å². The molecule has 202 valence electrons. The Bertz CT molecular complexity index is 2390. The second kappa shape index (κ2) is 8.10. The molecule has 43 heavy (non-hydrogen) atoms. The Kier molecular flexibility index (Phi) is 4.44. The van der Waals surface area contributed by atoms with E-state index < -0.39 is 7.02 Å². The fraction of sp³-hybridized carbons (Fsp3) is 0. The van der Waals surface area contributed by atoms with Crippen molar-refractivity contribution in [2.45, 2.75) is 0 Å². The molecule has 0 saturated heterocycles. The van der Waals surface area contributed by atoms with Crippen molar-refractivity contribution in [1.29, 1.82) is 0 Å². The van der Waals surface area contributed by atoms with Crippen molar-refractivity contribution in [1.82, 2.24) is 8.47 Å². The van der Waals surface area contributed by atoms with Crippen LogP contribution in [0.2, 0.25) is 0 Å². The summed E-state index contributed by atoms with van der Waals surface area (Å²) in [4.78, 5) is 30.7. The van der Waals surface area contributed by atoms with E-state index in [1.165, 1.54) is 0 Å². The van der Waals surface area contributed by atoms with Crippen LogP contribution in [0.25, 0.3) is 21.5 Å². The summed E-state index contributed by atoms with van der Waals surface area (Å²) < 4.78 is 3.78. The maximum absolute atomic E-state index is 7.77. The van der Waals surface area contributed by atoms with E-state index in [4.69, 9.17) is 52.1 Å². The lowest BCUT2D eigenvalue weighted by Crippen LogP contribution is -2.51. The van der Waals surface area contributed by atoms with Crippen molar-refractivity contribution in [3.8, 4) is 0 Å². The molecule has 0 saturated carbocycles. The van der Waals surface area contributed by atoms with Gasteiger partial charge in [0.25, 0.3) is 0 Å². The van der Waals surface area contributed by atoms with Gasteiger partial charge in [-0.05, 0) is 0 Å². The van der Waals surface area contributed by atoms with Gasteiger partial charge in [0.2, 0.25) is 0 Å². The molecule has 6 aromatic rings. The van der Waals surface area contributed by atoms with Crippen LogP contribution in [-0.2, 0) is 0 Å². The molecule has 6 heterocycles. The molecule has 2 aromatic heterocycles. The first-order valence-corrected chi connectivity index (χ1v) is 17.6. The molecule has 0 atom stereocenters. The molecule has 6 bridgehead atoms. The van der Waals surface area contributed by atoms with Crippen LogP contribution < -0.4 is 11.0 Å². The minimum absolute atomic E-state index is 0.545. The van der Waals surface area contributed by atoms with Crippen molar-refractivity contribution in [2.24, 2.45) is 30.0 Å². The quantitative estimate of drug-likeness (QED) is 0.153. The van der Waals surface area contributed by atoms with Crippen LogP contribution in [0.4, 0.5) is 11.6 Å². The highest BCUT2D eigenvalue weighted by atomic mass is 35.7. The zero-order chi connectivity index (χ0) is 28.4. The Morgan fingerprint density at radius 3 is 1.16 bits per heavy atom. The molecule has 0 amide bonds. The predicted molar refractivity (Wildman–Crippen MR) is 173 cm³/mol. The minimum Gasteiger partial charge on any atom is -0.294 e. The molecule has 10 rings (SSSR count). The number of hydrogen-bond acceptors (Lipinski definition) is 6. The fourth-order valence-corrected chi connectivity index (χ4v) is 10.2. The summed E-state index contributed by atoms with van der Waals surface area (Å²) in [5.74, 6) is 3.34. The lowest BCUT2D eigenvalue weighted by atomic mass is 10.1. The highest BCUT2D eigenvalue weighted by Crippen LogP contribution is 2.44. The van der Waals surface area contributed by atoms with Crippen LogP contribution in [0, 0.1) is 0 Å². The highest BCUT2D eigenvalue weighted by molar-refractivity contribution is 7.44. The topological polar surface area (TPSA) is 84.0 Å². The van der Waals surface area contributed by atoms with Crippen molar-refractivity contribution in [3.63, 3.8) is 0 Å². The maximum atomic E-state index is 7.77. The molecule has 11 heteroatoms. The Balaban J connectivity index is 1.53. The number of aliphatic imine (C=N–C) groups is 4. The van der Waals surface area contributed by atoms with Gasteiger partial charge in [0.15, 0.2) is 23.3 Å². The molecular formula is C32H16Cl2N8Si. The molecule has 0 spiro atoms. The number of hydrogen-bond donors (Lipinski definition) is 0. The van der Waals surface area contributed by atoms with Crippen LogP contribution in [0.5, 0.6) is 0 Å². The van der Waals surface area contributed by atoms with Gasteiger partial charge in [-0.3, -0.25) is 8.47 Å². The summed E-state index contributed by atoms with van der Waals surface area (Å²) >= 11 is 15.5. The van der Waals surface area contributed by atoms with E-state index in [1.807, 2.05) is 106 Å². The van der Waals surface area contributed by atoms with Gasteiger partial charge in [-0.15, -0.1) is 0 Å². The summed E-state index contributed by atoms with van der Waals surface area (Å²) in [7, 11) is -3.85. The van der Waals surface area contributed by atoms with Gasteiger partial charge in [-0.2, -0.15) is 0 Å². The molecule has 4 aromatic carbocycles. The van der Waals surface area contributed by atoms with E-state index in [0.29, 0.717) is 46.0 Å². The van der Waals surface area contributed by atoms with Gasteiger partial charge in [-0.1, -0.05) is 119 Å². The van der Waals surface area contributed by atoms with Crippen LogP contribution in [0.3, 0.4) is 0 Å². The lowest BCUT2D eigenvalue weighted by molar-refractivity contribution is 0.973. The third-order valence-corrected chi connectivity index (χ3v) is 12.2. The molecular weight excluding hydrogens is 595 g/mol. The summed E-state index contributed by atoms with van der Waals surface area (Å²) in [5, 5.41) is 3.44. The molecule has 0 fully saturated rings. The molecule has 0 unspecified atom stereocenters. The van der Waals surface area contributed by atoms with E-state index in [-0.39, 0.29) is 0 Å². The lowest BCUT2D eigenvalue weighted by Gasteiger charge is -2.24. The van der Waals surface area contributed by atoms with Gasteiger partial charge >= 0.3 is 7.02 Å². The van der Waals surface area contributed by atoms with Crippen LogP contribution in [0.15, 0.2) is 127 Å². The normalized spacial score (nSPS) is 20.8. The first-order chi connectivity index (χ1) is 21.1. The summed E-state index contributed by atoms with van der Waals surface area (Å²) in [5.41, 5.74) is 4.71. The average Bonchev–Trinajstić information content (AvgIpc) is 3.74. The number of amidine groups is 4. The van der Waals surface area contributed by atoms with E-state index in [2.05, 4.69) is 0 Å². The number of benzene rings is 4. The molecule has 4 aliphatic heterocycles. The van der Waals surface area contributed by atoms with Gasteiger partial charge in [0.1, 0.15) is 22.6 Å². The van der Waals surface area contributed by atoms with Crippen molar-refractivity contribution >= 4 is 85.7 Å². The minimum atomic E-state index is -3.85. The van der Waals surface area contributed by atoms with E-state index in [1.54, 1.807) is 0 Å². The highest BCUT2D eigenvalue weighted by Gasteiger charge is 2.45. The number of fused-ring (bicyclic) bond motifs is 14. The van der Waals surface area contributed by atoms with Crippen LogP contribution in [-0.4, -0.2) is 38.8 Å². The van der Waals surface area contributed by atoms with Gasteiger partial charge in [0.05, 0.1) is 0 Å². The van der Waals surface area contributed by atoms with Gasteiger partial charge < -0.3 is 0 Å². The standard InChI is InChI=1S/C32H16Cl2N8Si/c33-43(34)41-29-21-13-5-6-14-22(21)31(41)39-27-19-11-3-4-12-20(19)28(36-27)40-32-24-16-8-7-15-23(24)30(42(32)43)38-26-18-10-2-1-9-17(18)25(35-26)37-29/h1-16H/b37-25-,37-29?,38-26?,38-30-,39-27-,39-31?,40-28?,40-32-. The fourth-order valence-electron chi connectivity index (χ4n) is 6.41. The van der Waals surface area contributed by atoms with E-state index in [9.17, 15) is 0 Å². The molecule has 0 radical (unpaired) electrons. The Hall–Kier alpha value is -4.96. The predicted octanol–water partition coefficient (Wildman–Crippen LogP) is 5.85. The molecule has 4 aliphatic rings. The zero-order valence-corrected chi connectivity index (χ0v) is 24.6. The first-order valence-electron chi connectivity index (χ1n) is 13.7. The number of aromatic nitrogens is 2. The third-order valence-electron chi connectivity index (χ3n) is 8.29. The van der Waals surface area contributed by atoms with Crippen LogP contribution in [0.1, 0.15) is 22.3 Å². The molecule has 8 nitrogen and oxygen atoms in total. The largest absolute Gasteiger partial charge is 0.483 e. The van der Waals surface area contributed by atoms with Crippen molar-refractivity contribution in [3.05, 3.63) is 130 Å². The number of nitrogens with zero attached hydrogens (tertiary/aromatic N) is 8. The summed E-state index contributed by atoms with van der Waals surface area (Å²) in [6.07, 6.45) is 0. The smallest absolute Gasteiger partial charge is 0.294 e. The van der Waals surface area contributed by atoms with Gasteiger partial charge in [-0.25, -0.2) is 30.0 Å². The molecule has 0 aliphatic carbocycles. The number of rotatable bonds is 0. The van der Waals surface area contributed by atoms with E-state index >= 15 is 0 Å². The summed E-state index contributed by atoms with van der Waals surface area (Å²) in [6.45, 7) is 0. The second-order valence-electron chi connectivity index (χ2n) is 10.6. The average molecular weight is 612 g/mol. The first kappa shape index (κ1) is 23.6. The number of halogens is 2. The Morgan fingerprint density at radius 2 is 0.744 bits per heavy atom. The maximum Gasteiger partial charge on any atom is 0.483 e. The van der Waals surface area contributed by atoms with Crippen molar-refractivity contribution < 1.29 is 0 Å². The summed E-state index contributed by atoms with van der Waals surface area (Å²) in [6, 6.07) is 32.0. The zero-order valence-electron chi connectivity index (χ0n) is 22.1. The SMILES string of the molecule is Cl[Si]1(Cl)n2c3c4ccccc4c2/N=C2N=C(/N=c4/c5ccccc5/c(n41)=N/C1=NC(=N\3)/c3ccccc31)c1ccccc1\2. The second-order valence-corrected chi connectivity index (χ2v) is 16.3. The van der Waals surface area contributed by atoms with Crippen LogP contribution >= 0.6 is 22.2 Å². The van der Waals surface area contributed by atoms with E-state index in [0.717, 1.165) is 43.8 Å². The van der Waals surface area contributed by atoms with Gasteiger partial charge in [0, 0.05) is 43.8 Å².